The molecule has 3 heterocycles. The van der Waals surface area contributed by atoms with E-state index in [9.17, 15) is 0 Å². The number of nitrogens with zero attached hydrogens (tertiary/aromatic N) is 2. The molecule has 6 heteroatoms. The molecule has 1 aromatic heterocycles. The third-order valence-electron chi connectivity index (χ3n) is 3.13. The highest BCUT2D eigenvalue weighted by atomic mass is 32.2. The van der Waals surface area contributed by atoms with Crippen LogP contribution < -0.4 is 5.32 Å². The molecule has 0 aromatic carbocycles. The van der Waals surface area contributed by atoms with Crippen LogP contribution in [-0.2, 0) is 4.74 Å². The Balaban J connectivity index is 1.68. The summed E-state index contributed by atoms with van der Waals surface area (Å²) in [5, 5.41) is 7.71. The smallest absolute Gasteiger partial charge is 0.239 e. The third kappa shape index (κ3) is 2.64. The molecule has 5 nitrogen and oxygen atoms in total. The van der Waals surface area contributed by atoms with Crippen molar-refractivity contribution in [1.29, 1.82) is 0 Å². The minimum absolute atomic E-state index is 0.0464. The van der Waals surface area contributed by atoms with Crippen molar-refractivity contribution in [2.45, 2.75) is 30.6 Å². The number of aromatic nitrogens is 2. The van der Waals surface area contributed by atoms with Crippen LogP contribution in [0, 0.1) is 0 Å². The zero-order valence-corrected chi connectivity index (χ0v) is 10.5. The topological polar surface area (TPSA) is 60.2 Å². The SMILES string of the molecule is C1CCC(c2nc(C3CNCCO3)no2)SC1. The van der Waals surface area contributed by atoms with E-state index in [0.717, 1.165) is 25.4 Å². The Morgan fingerprint density at radius 3 is 3.12 bits per heavy atom. The van der Waals surface area contributed by atoms with Gasteiger partial charge < -0.3 is 14.6 Å². The highest BCUT2D eigenvalue weighted by Gasteiger charge is 2.26. The average molecular weight is 255 g/mol. The lowest BCUT2D eigenvalue weighted by molar-refractivity contribution is 0.0208. The average Bonchev–Trinajstić information content (AvgIpc) is 2.90. The molecule has 3 rings (SSSR count). The van der Waals surface area contributed by atoms with Gasteiger partial charge in [-0.05, 0) is 18.6 Å². The van der Waals surface area contributed by atoms with Crippen LogP contribution in [0.25, 0.3) is 0 Å². The Bertz CT molecular complexity index is 327. The molecule has 1 N–H and O–H groups in total. The summed E-state index contributed by atoms with van der Waals surface area (Å²) in [6.07, 6.45) is 3.67. The second-order valence-corrected chi connectivity index (χ2v) is 5.72. The van der Waals surface area contributed by atoms with Gasteiger partial charge in [-0.1, -0.05) is 11.6 Å². The van der Waals surface area contributed by atoms with Crippen LogP contribution in [0.4, 0.5) is 0 Å². The van der Waals surface area contributed by atoms with Gasteiger partial charge in [0.1, 0.15) is 6.10 Å². The largest absolute Gasteiger partial charge is 0.367 e. The molecule has 94 valence electrons. The molecular formula is C11H17N3O2S. The van der Waals surface area contributed by atoms with Crippen molar-refractivity contribution >= 4 is 11.8 Å². The predicted molar refractivity (Wildman–Crippen MR) is 64.9 cm³/mol. The maximum absolute atomic E-state index is 5.61. The zero-order valence-electron chi connectivity index (χ0n) is 9.72. The van der Waals surface area contributed by atoms with Gasteiger partial charge >= 0.3 is 0 Å². The summed E-state index contributed by atoms with van der Waals surface area (Å²) in [7, 11) is 0. The molecule has 0 spiro atoms. The molecule has 2 aliphatic heterocycles. The Hall–Kier alpha value is -0.590. The van der Waals surface area contributed by atoms with Crippen LogP contribution >= 0.6 is 11.8 Å². The van der Waals surface area contributed by atoms with Gasteiger partial charge in [-0.3, -0.25) is 0 Å². The van der Waals surface area contributed by atoms with Crippen molar-refractivity contribution in [3.05, 3.63) is 11.7 Å². The van der Waals surface area contributed by atoms with Crippen molar-refractivity contribution in [1.82, 2.24) is 15.5 Å². The maximum Gasteiger partial charge on any atom is 0.239 e. The van der Waals surface area contributed by atoms with E-state index in [1.165, 1.54) is 18.6 Å². The van der Waals surface area contributed by atoms with Crippen molar-refractivity contribution < 1.29 is 9.26 Å². The monoisotopic (exact) mass is 255 g/mol. The lowest BCUT2D eigenvalue weighted by Crippen LogP contribution is -2.33. The molecule has 2 atom stereocenters. The predicted octanol–water partition coefficient (Wildman–Crippen LogP) is 1.69. The van der Waals surface area contributed by atoms with Gasteiger partial charge in [-0.15, -0.1) is 11.8 Å². The Labute approximate surface area is 105 Å². The van der Waals surface area contributed by atoms with Gasteiger partial charge in [0.2, 0.25) is 11.7 Å². The summed E-state index contributed by atoms with van der Waals surface area (Å²) in [6.45, 7) is 2.39. The molecule has 0 radical (unpaired) electrons. The van der Waals surface area contributed by atoms with Crippen LogP contribution in [0.5, 0.6) is 0 Å². The molecule has 2 fully saturated rings. The molecule has 0 bridgehead atoms. The lowest BCUT2D eigenvalue weighted by atomic mass is 10.2. The van der Waals surface area contributed by atoms with Gasteiger partial charge in [-0.2, -0.15) is 4.98 Å². The number of nitrogens with one attached hydrogen (secondary N) is 1. The first kappa shape index (κ1) is 11.5. The fourth-order valence-corrected chi connectivity index (χ4v) is 3.40. The molecule has 0 amide bonds. The van der Waals surface area contributed by atoms with E-state index < -0.39 is 0 Å². The summed E-state index contributed by atoms with van der Waals surface area (Å²) >= 11 is 1.92. The first-order valence-corrected chi connectivity index (χ1v) is 7.26. The van der Waals surface area contributed by atoms with E-state index >= 15 is 0 Å². The van der Waals surface area contributed by atoms with Gasteiger partial charge in [0, 0.05) is 13.1 Å². The van der Waals surface area contributed by atoms with E-state index in [1.807, 2.05) is 11.8 Å². The fourth-order valence-electron chi connectivity index (χ4n) is 2.18. The van der Waals surface area contributed by atoms with Gasteiger partial charge in [-0.25, -0.2) is 0 Å². The van der Waals surface area contributed by atoms with E-state index in [2.05, 4.69) is 15.5 Å². The van der Waals surface area contributed by atoms with Crippen LogP contribution in [0.1, 0.15) is 42.3 Å². The van der Waals surface area contributed by atoms with E-state index in [4.69, 9.17) is 9.26 Å². The molecule has 0 saturated carbocycles. The lowest BCUT2D eigenvalue weighted by Gasteiger charge is -2.20. The Morgan fingerprint density at radius 1 is 1.35 bits per heavy atom. The molecule has 17 heavy (non-hydrogen) atoms. The summed E-state index contributed by atoms with van der Waals surface area (Å²) in [4.78, 5) is 4.49. The van der Waals surface area contributed by atoms with Crippen molar-refractivity contribution in [3.8, 4) is 0 Å². The van der Waals surface area contributed by atoms with Crippen molar-refractivity contribution in [2.75, 3.05) is 25.4 Å². The molecule has 2 saturated heterocycles. The third-order valence-corrected chi connectivity index (χ3v) is 4.49. The highest BCUT2D eigenvalue weighted by molar-refractivity contribution is 7.99. The fraction of sp³-hybridized carbons (Fsp3) is 0.818. The number of ether oxygens (including phenoxy) is 1. The van der Waals surface area contributed by atoms with E-state index in [-0.39, 0.29) is 6.10 Å². The molecule has 2 unspecified atom stereocenters. The zero-order chi connectivity index (χ0) is 11.5. The first-order chi connectivity index (χ1) is 8.43. The summed E-state index contributed by atoms with van der Waals surface area (Å²) in [5.41, 5.74) is 0. The van der Waals surface area contributed by atoms with Gasteiger partial charge in [0.25, 0.3) is 0 Å². The molecular weight excluding hydrogens is 238 g/mol. The number of morpholine rings is 1. The van der Waals surface area contributed by atoms with Gasteiger partial charge in [0.05, 0.1) is 11.9 Å². The minimum Gasteiger partial charge on any atom is -0.367 e. The maximum atomic E-state index is 5.61. The standard InChI is InChI=1S/C11H17N3O2S/c1-2-6-17-9(3-1)11-13-10(14-16-11)8-7-12-4-5-15-8/h8-9,12H,1-7H2. The summed E-state index contributed by atoms with van der Waals surface area (Å²) in [6, 6.07) is 0. The molecule has 2 aliphatic rings. The Morgan fingerprint density at radius 2 is 2.35 bits per heavy atom. The number of hydrogen-bond acceptors (Lipinski definition) is 6. The second kappa shape index (κ2) is 5.37. The first-order valence-electron chi connectivity index (χ1n) is 6.21. The minimum atomic E-state index is -0.0464. The van der Waals surface area contributed by atoms with Crippen LogP contribution in [-0.4, -0.2) is 35.6 Å². The van der Waals surface area contributed by atoms with E-state index in [1.54, 1.807) is 0 Å². The molecule has 1 aromatic rings. The van der Waals surface area contributed by atoms with E-state index in [0.29, 0.717) is 17.7 Å². The number of hydrogen-bond donors (Lipinski definition) is 1. The molecule has 0 aliphatic carbocycles. The van der Waals surface area contributed by atoms with Crippen LogP contribution in [0.2, 0.25) is 0 Å². The van der Waals surface area contributed by atoms with Crippen LogP contribution in [0.15, 0.2) is 4.52 Å². The highest BCUT2D eigenvalue weighted by Crippen LogP contribution is 2.37. The Kier molecular flexibility index (Phi) is 3.63. The van der Waals surface area contributed by atoms with Crippen molar-refractivity contribution in [2.24, 2.45) is 0 Å². The summed E-state index contributed by atoms with van der Waals surface area (Å²) < 4.78 is 11.0. The quantitative estimate of drug-likeness (QED) is 0.867. The second-order valence-electron chi connectivity index (χ2n) is 4.41. The van der Waals surface area contributed by atoms with Crippen molar-refractivity contribution in [3.63, 3.8) is 0 Å². The van der Waals surface area contributed by atoms with Crippen LogP contribution in [0.3, 0.4) is 0 Å². The number of thioether (sulfide) groups is 1. The number of rotatable bonds is 2. The normalized spacial score (nSPS) is 30.4. The summed E-state index contributed by atoms with van der Waals surface area (Å²) in [5.74, 6) is 2.67. The van der Waals surface area contributed by atoms with Gasteiger partial charge in [0.15, 0.2) is 0 Å².